The van der Waals surface area contributed by atoms with E-state index >= 15 is 0 Å². The smallest absolute Gasteiger partial charge is 0.407 e. The minimum absolute atomic E-state index is 0.110. The fourth-order valence-electron chi connectivity index (χ4n) is 4.70. The zero-order valence-electron chi connectivity index (χ0n) is 14.8. The first kappa shape index (κ1) is 17.0. The second-order valence-electron chi connectivity index (χ2n) is 7.69. The third kappa shape index (κ3) is 2.49. The van der Waals surface area contributed by atoms with Gasteiger partial charge in [0.25, 0.3) is 5.56 Å². The Morgan fingerprint density at radius 3 is 2.73 bits per heavy atom. The maximum absolute atomic E-state index is 12.8. The fraction of sp³-hybridized carbons (Fsp3) is 0.647. The summed E-state index contributed by atoms with van der Waals surface area (Å²) in [5, 5.41) is 25.1. The number of rotatable bonds is 2. The fourth-order valence-corrected chi connectivity index (χ4v) is 4.70. The van der Waals surface area contributed by atoms with Crippen LogP contribution >= 0.6 is 0 Å². The molecule has 3 heterocycles. The number of nitrogens with zero attached hydrogens (tertiary/aromatic N) is 5. The van der Waals surface area contributed by atoms with Gasteiger partial charge in [-0.3, -0.25) is 14.0 Å². The number of carbonyl (C=O) groups is 1. The third-order valence-corrected chi connectivity index (χ3v) is 6.15. The van der Waals surface area contributed by atoms with Crippen LogP contribution in [0.3, 0.4) is 0 Å². The van der Waals surface area contributed by atoms with Crippen molar-refractivity contribution in [3.8, 4) is 0 Å². The van der Waals surface area contributed by atoms with Crippen molar-refractivity contribution in [3.63, 3.8) is 0 Å². The second-order valence-corrected chi connectivity index (χ2v) is 7.69. The SMILES string of the molecule is Cn1cc2ncn(CC3(O)CCN(C(=O)O)CC34CCCC4)c(=O)c2n1. The summed E-state index contributed by atoms with van der Waals surface area (Å²) in [5.41, 5.74) is -1.12. The van der Waals surface area contributed by atoms with E-state index in [0.717, 1.165) is 25.7 Å². The van der Waals surface area contributed by atoms with Crippen LogP contribution in [0, 0.1) is 5.41 Å². The first-order chi connectivity index (χ1) is 12.3. The lowest BCUT2D eigenvalue weighted by molar-refractivity contribution is -0.137. The minimum atomic E-state index is -1.14. The Labute approximate surface area is 149 Å². The van der Waals surface area contributed by atoms with Crippen LogP contribution in [-0.4, -0.2) is 59.2 Å². The summed E-state index contributed by atoms with van der Waals surface area (Å²) in [6.45, 7) is 0.688. The van der Waals surface area contributed by atoms with Crippen molar-refractivity contribution >= 4 is 17.1 Å². The molecule has 9 nitrogen and oxygen atoms in total. The molecular formula is C17H23N5O4. The van der Waals surface area contributed by atoms with Gasteiger partial charge in [0.05, 0.1) is 24.7 Å². The van der Waals surface area contributed by atoms with Gasteiger partial charge in [-0.25, -0.2) is 9.78 Å². The molecule has 2 aromatic heterocycles. The van der Waals surface area contributed by atoms with Crippen molar-refractivity contribution in [1.29, 1.82) is 0 Å². The Morgan fingerprint density at radius 2 is 2.04 bits per heavy atom. The number of aryl methyl sites for hydroxylation is 1. The minimum Gasteiger partial charge on any atom is -0.465 e. The average molecular weight is 361 g/mol. The molecule has 1 saturated heterocycles. The van der Waals surface area contributed by atoms with Gasteiger partial charge in [-0.2, -0.15) is 5.10 Å². The molecule has 1 amide bonds. The van der Waals surface area contributed by atoms with Gasteiger partial charge in [-0.15, -0.1) is 0 Å². The molecule has 1 atom stereocenters. The van der Waals surface area contributed by atoms with E-state index in [0.29, 0.717) is 18.5 Å². The van der Waals surface area contributed by atoms with Gasteiger partial charge >= 0.3 is 6.09 Å². The predicted molar refractivity (Wildman–Crippen MR) is 92.8 cm³/mol. The predicted octanol–water partition coefficient (Wildman–Crippen LogP) is 0.805. The highest BCUT2D eigenvalue weighted by Crippen LogP contribution is 2.51. The maximum Gasteiger partial charge on any atom is 0.407 e. The van der Waals surface area contributed by atoms with E-state index in [1.807, 2.05) is 0 Å². The highest BCUT2D eigenvalue weighted by Gasteiger charge is 2.55. The molecule has 1 aliphatic heterocycles. The zero-order chi connectivity index (χ0) is 18.5. The van der Waals surface area contributed by atoms with Crippen LogP contribution in [-0.2, 0) is 13.6 Å². The summed E-state index contributed by atoms with van der Waals surface area (Å²) in [6.07, 6.45) is 5.95. The van der Waals surface area contributed by atoms with Crippen LogP contribution in [0.25, 0.3) is 11.0 Å². The summed E-state index contributed by atoms with van der Waals surface area (Å²) < 4.78 is 2.97. The van der Waals surface area contributed by atoms with Crippen molar-refractivity contribution in [3.05, 3.63) is 22.9 Å². The monoisotopic (exact) mass is 361 g/mol. The van der Waals surface area contributed by atoms with Gasteiger partial charge in [0.1, 0.15) is 5.52 Å². The van der Waals surface area contributed by atoms with Crippen molar-refractivity contribution in [2.24, 2.45) is 12.5 Å². The summed E-state index contributed by atoms with van der Waals surface area (Å²) in [5.74, 6) is 0. The molecule has 2 aromatic rings. The van der Waals surface area contributed by atoms with Crippen molar-refractivity contribution in [2.75, 3.05) is 13.1 Å². The summed E-state index contributed by atoms with van der Waals surface area (Å²) in [6, 6.07) is 0. The highest BCUT2D eigenvalue weighted by molar-refractivity contribution is 5.71. The number of amides is 1. The van der Waals surface area contributed by atoms with E-state index in [1.165, 1.54) is 15.8 Å². The molecule has 9 heteroatoms. The molecule has 1 saturated carbocycles. The number of piperidine rings is 1. The van der Waals surface area contributed by atoms with E-state index in [-0.39, 0.29) is 24.2 Å². The standard InChI is InChI=1S/C17H23N5O4/c1-20-8-12-13(19-20)14(23)22(11-18-12)10-17(26)6-7-21(15(24)25)9-16(17)4-2-3-5-16/h8,11,26H,2-7,9-10H2,1H3,(H,24,25). The van der Waals surface area contributed by atoms with Gasteiger partial charge in [0.15, 0.2) is 5.52 Å². The van der Waals surface area contributed by atoms with Gasteiger partial charge in [-0.1, -0.05) is 12.8 Å². The van der Waals surface area contributed by atoms with Gasteiger partial charge in [0.2, 0.25) is 0 Å². The Kier molecular flexibility index (Phi) is 3.80. The number of likely N-dealkylation sites (tertiary alicyclic amines) is 1. The molecule has 140 valence electrons. The molecule has 2 aliphatic rings. The second kappa shape index (κ2) is 5.80. The lowest BCUT2D eigenvalue weighted by Crippen LogP contribution is -2.62. The Morgan fingerprint density at radius 1 is 1.31 bits per heavy atom. The Bertz CT molecular complexity index is 914. The molecule has 26 heavy (non-hydrogen) atoms. The van der Waals surface area contributed by atoms with Crippen LogP contribution in [0.4, 0.5) is 4.79 Å². The largest absolute Gasteiger partial charge is 0.465 e. The molecule has 0 radical (unpaired) electrons. The van der Waals surface area contributed by atoms with Gasteiger partial charge in [-0.05, 0) is 19.3 Å². The van der Waals surface area contributed by atoms with E-state index in [4.69, 9.17) is 0 Å². The highest BCUT2D eigenvalue weighted by atomic mass is 16.4. The first-order valence-corrected chi connectivity index (χ1v) is 8.93. The first-order valence-electron chi connectivity index (χ1n) is 8.93. The Balaban J connectivity index is 1.71. The number of hydrogen-bond donors (Lipinski definition) is 2. The van der Waals surface area contributed by atoms with Gasteiger partial charge < -0.3 is 15.1 Å². The normalized spacial score (nSPS) is 25.2. The molecule has 4 rings (SSSR count). The molecule has 1 spiro atoms. The molecule has 0 bridgehead atoms. The van der Waals surface area contributed by atoms with Crippen molar-refractivity contribution in [1.82, 2.24) is 24.2 Å². The number of carboxylic acid groups (broad SMARTS) is 1. The maximum atomic E-state index is 12.8. The topological polar surface area (TPSA) is 113 Å². The van der Waals surface area contributed by atoms with Crippen molar-refractivity contribution < 1.29 is 15.0 Å². The lowest BCUT2D eigenvalue weighted by atomic mass is 9.66. The Hall–Kier alpha value is -2.42. The zero-order valence-corrected chi connectivity index (χ0v) is 14.8. The van der Waals surface area contributed by atoms with Crippen LogP contribution < -0.4 is 5.56 Å². The van der Waals surface area contributed by atoms with E-state index in [2.05, 4.69) is 10.1 Å². The summed E-state index contributed by atoms with van der Waals surface area (Å²) in [7, 11) is 1.73. The van der Waals surface area contributed by atoms with Crippen LogP contribution in [0.5, 0.6) is 0 Å². The summed E-state index contributed by atoms with van der Waals surface area (Å²) >= 11 is 0. The van der Waals surface area contributed by atoms with Crippen LogP contribution in [0.1, 0.15) is 32.1 Å². The average Bonchev–Trinajstić information content (AvgIpc) is 3.21. The van der Waals surface area contributed by atoms with Crippen molar-refractivity contribution in [2.45, 2.75) is 44.2 Å². The van der Waals surface area contributed by atoms with Gasteiger partial charge in [0, 0.05) is 25.6 Å². The third-order valence-electron chi connectivity index (χ3n) is 6.15. The number of hydrogen-bond acceptors (Lipinski definition) is 5. The molecule has 2 N–H and O–H groups in total. The van der Waals surface area contributed by atoms with E-state index in [1.54, 1.807) is 17.9 Å². The van der Waals surface area contributed by atoms with Crippen LogP contribution in [0.15, 0.2) is 17.3 Å². The molecule has 2 fully saturated rings. The quantitative estimate of drug-likeness (QED) is 0.818. The molecule has 1 unspecified atom stereocenters. The number of aliphatic hydroxyl groups is 1. The van der Waals surface area contributed by atoms with E-state index in [9.17, 15) is 19.8 Å². The molecule has 1 aliphatic carbocycles. The summed E-state index contributed by atoms with van der Waals surface area (Å²) in [4.78, 5) is 29.9. The number of fused-ring (bicyclic) bond motifs is 1. The van der Waals surface area contributed by atoms with E-state index < -0.39 is 17.1 Å². The number of aromatic nitrogens is 4. The molecule has 0 aromatic carbocycles. The molecular weight excluding hydrogens is 338 g/mol. The van der Waals surface area contributed by atoms with Crippen LogP contribution in [0.2, 0.25) is 0 Å². The lowest BCUT2D eigenvalue weighted by Gasteiger charge is -2.51.